The predicted octanol–water partition coefficient (Wildman–Crippen LogP) is 6.52. The van der Waals surface area contributed by atoms with Crippen LogP contribution in [0.5, 0.6) is 11.5 Å². The molecule has 1 saturated heterocycles. The van der Waals surface area contributed by atoms with Crippen LogP contribution in [-0.4, -0.2) is 64.8 Å². The summed E-state index contributed by atoms with van der Waals surface area (Å²) in [6.45, 7) is 8.93. The molecule has 5 rings (SSSR count). The summed E-state index contributed by atoms with van der Waals surface area (Å²) in [6, 6.07) is 24.4. The number of phenols is 1. The van der Waals surface area contributed by atoms with E-state index >= 15 is 0 Å². The van der Waals surface area contributed by atoms with Crippen molar-refractivity contribution in [1.29, 1.82) is 0 Å². The van der Waals surface area contributed by atoms with Crippen LogP contribution in [0.15, 0.2) is 89.5 Å². The monoisotopic (exact) mass is 800 g/mol. The van der Waals surface area contributed by atoms with Crippen LogP contribution in [0.2, 0.25) is 11.4 Å². The molecule has 0 amide bonds. The van der Waals surface area contributed by atoms with Crippen molar-refractivity contribution >= 4 is 64.3 Å². The fourth-order valence-electron chi connectivity index (χ4n) is 7.34. The Kier molecular flexibility index (Phi) is 11.7. The van der Waals surface area contributed by atoms with Gasteiger partial charge in [-0.3, -0.25) is 0 Å². The van der Waals surface area contributed by atoms with Gasteiger partial charge in [0.15, 0.2) is 21.3 Å². The first-order chi connectivity index (χ1) is 22.8. The van der Waals surface area contributed by atoms with E-state index in [0.717, 1.165) is 39.9 Å². The first kappa shape index (κ1) is 36.9. The smallest absolute Gasteiger partial charge is 0.456 e. The Morgan fingerprint density at radius 2 is 1.69 bits per heavy atom. The second-order valence-corrected chi connectivity index (χ2v) is 21.4. The van der Waals surface area contributed by atoms with Crippen LogP contribution in [0.4, 0.5) is 0 Å². The van der Waals surface area contributed by atoms with Crippen molar-refractivity contribution in [2.75, 3.05) is 19.5 Å². The second-order valence-electron chi connectivity index (χ2n) is 13.8. The quantitative estimate of drug-likeness (QED) is 0.122. The summed E-state index contributed by atoms with van der Waals surface area (Å²) in [6.07, 6.45) is 4.55. The molecular formula is C37H46BIO7SSi. The first-order valence-corrected chi connectivity index (χ1v) is 21.3. The molecular weight excluding hydrogens is 754 g/mol. The minimum Gasteiger partial charge on any atom is -0.504 e. The molecule has 0 unspecified atom stereocenters. The lowest BCUT2D eigenvalue weighted by Crippen LogP contribution is -2.66. The van der Waals surface area contributed by atoms with Gasteiger partial charge in [-0.1, -0.05) is 106 Å². The van der Waals surface area contributed by atoms with E-state index < -0.39 is 36.6 Å². The number of phenolic OH excluding ortho intramolecular Hbond substituents is 1. The van der Waals surface area contributed by atoms with Gasteiger partial charge < -0.3 is 23.9 Å². The normalized spacial score (nSPS) is 19.8. The molecule has 0 aliphatic carbocycles. The molecule has 0 spiro atoms. The SMILES string of the molecule is CCC/C(=C\c1cc(I)c(O)c(OC)c1)CC[C@H]1OB(O)C[C@H]2C1=C(CO[Si](c1ccccc1)(c1ccccc1)C(C)(C)C)CS2(=O)=O. The van der Waals surface area contributed by atoms with Crippen LogP contribution >= 0.6 is 22.6 Å². The van der Waals surface area contributed by atoms with Crippen molar-refractivity contribution in [3.63, 3.8) is 0 Å². The summed E-state index contributed by atoms with van der Waals surface area (Å²) in [5, 5.41) is 22.3. The molecule has 0 radical (unpaired) electrons. The van der Waals surface area contributed by atoms with Crippen LogP contribution in [-0.2, 0) is 18.9 Å². The predicted molar refractivity (Wildman–Crippen MR) is 205 cm³/mol. The highest BCUT2D eigenvalue weighted by atomic mass is 127. The maximum absolute atomic E-state index is 13.7. The zero-order valence-corrected chi connectivity index (χ0v) is 32.4. The Morgan fingerprint density at radius 3 is 2.25 bits per heavy atom. The number of ether oxygens (including phenoxy) is 1. The van der Waals surface area contributed by atoms with Gasteiger partial charge in [0, 0.05) is 6.32 Å². The second kappa shape index (κ2) is 15.2. The Labute approximate surface area is 300 Å². The number of rotatable bonds is 12. The van der Waals surface area contributed by atoms with Gasteiger partial charge in [0.2, 0.25) is 0 Å². The number of fused-ring (bicyclic) bond motifs is 1. The minimum atomic E-state index is -3.54. The third-order valence-electron chi connectivity index (χ3n) is 9.47. The highest BCUT2D eigenvalue weighted by Crippen LogP contribution is 2.42. The van der Waals surface area contributed by atoms with E-state index in [9.17, 15) is 18.5 Å². The highest BCUT2D eigenvalue weighted by Gasteiger charge is 2.52. The van der Waals surface area contributed by atoms with Crippen LogP contribution in [0, 0.1) is 3.57 Å². The summed E-state index contributed by atoms with van der Waals surface area (Å²) < 4.78 is 46.8. The average molecular weight is 801 g/mol. The summed E-state index contributed by atoms with van der Waals surface area (Å²) >= 11 is 2.09. The summed E-state index contributed by atoms with van der Waals surface area (Å²) in [7, 11) is -6.08. The van der Waals surface area contributed by atoms with Crippen LogP contribution < -0.4 is 15.1 Å². The number of allylic oxidation sites excluding steroid dienone is 1. The maximum atomic E-state index is 13.7. The van der Waals surface area contributed by atoms with Gasteiger partial charge in [0.05, 0.1) is 34.4 Å². The summed E-state index contributed by atoms with van der Waals surface area (Å²) in [4.78, 5) is 0. The number of benzene rings is 3. The van der Waals surface area contributed by atoms with Crippen molar-refractivity contribution in [1.82, 2.24) is 0 Å². The molecule has 0 bridgehead atoms. The number of halogens is 1. The van der Waals surface area contributed by atoms with E-state index in [1.54, 1.807) is 0 Å². The van der Waals surface area contributed by atoms with Crippen molar-refractivity contribution in [3.8, 4) is 11.5 Å². The fraction of sp³-hybridized carbons (Fsp3) is 0.405. The van der Waals surface area contributed by atoms with Gasteiger partial charge >= 0.3 is 7.12 Å². The molecule has 0 saturated carbocycles. The molecule has 256 valence electrons. The Balaban J connectivity index is 1.50. The number of hydrogen-bond donors (Lipinski definition) is 2. The van der Waals surface area contributed by atoms with Gasteiger partial charge in [-0.15, -0.1) is 0 Å². The lowest BCUT2D eigenvalue weighted by Gasteiger charge is -2.43. The van der Waals surface area contributed by atoms with E-state index in [4.69, 9.17) is 13.8 Å². The van der Waals surface area contributed by atoms with Crippen LogP contribution in [0.1, 0.15) is 58.9 Å². The number of sulfone groups is 1. The highest BCUT2D eigenvalue weighted by molar-refractivity contribution is 14.1. The number of aromatic hydroxyl groups is 1. The molecule has 3 aromatic rings. The molecule has 2 aliphatic rings. The van der Waals surface area contributed by atoms with Crippen molar-refractivity contribution in [2.24, 2.45) is 0 Å². The van der Waals surface area contributed by atoms with Crippen molar-refractivity contribution in [2.45, 2.75) is 76.1 Å². The number of hydrogen-bond acceptors (Lipinski definition) is 7. The molecule has 2 aliphatic heterocycles. The lowest BCUT2D eigenvalue weighted by atomic mass is 9.74. The first-order valence-electron chi connectivity index (χ1n) is 16.6. The fourth-order valence-corrected chi connectivity index (χ4v) is 14.6. The molecule has 3 aromatic carbocycles. The van der Waals surface area contributed by atoms with Crippen LogP contribution in [0.3, 0.4) is 0 Å². The third-order valence-corrected chi connectivity index (χ3v) is 17.3. The van der Waals surface area contributed by atoms with E-state index in [2.05, 4.69) is 80.6 Å². The number of methoxy groups -OCH3 is 1. The molecule has 0 aromatic heterocycles. The maximum Gasteiger partial charge on any atom is 0.456 e. The zero-order valence-electron chi connectivity index (χ0n) is 28.4. The molecule has 2 atom stereocenters. The van der Waals surface area contributed by atoms with Gasteiger partial charge in [-0.05, 0) is 86.1 Å². The summed E-state index contributed by atoms with van der Waals surface area (Å²) in [5.74, 6) is 0.434. The average Bonchev–Trinajstić information content (AvgIpc) is 3.31. The molecule has 1 fully saturated rings. The Morgan fingerprint density at radius 1 is 1.06 bits per heavy atom. The zero-order chi connectivity index (χ0) is 34.7. The largest absolute Gasteiger partial charge is 0.504 e. The van der Waals surface area contributed by atoms with Crippen molar-refractivity contribution in [3.05, 3.63) is 98.6 Å². The van der Waals surface area contributed by atoms with E-state index in [0.29, 0.717) is 22.2 Å². The van der Waals surface area contributed by atoms with E-state index in [1.165, 1.54) is 12.7 Å². The van der Waals surface area contributed by atoms with Gasteiger partial charge in [0.1, 0.15) is 0 Å². The summed E-state index contributed by atoms with van der Waals surface area (Å²) in [5.41, 5.74) is 3.61. The third kappa shape index (κ3) is 7.66. The molecule has 2 N–H and O–H groups in total. The minimum absolute atomic E-state index is 0.0281. The Bertz CT molecular complexity index is 1720. The molecule has 11 heteroatoms. The lowest BCUT2D eigenvalue weighted by molar-refractivity contribution is 0.168. The van der Waals surface area contributed by atoms with Gasteiger partial charge in [-0.2, -0.15) is 0 Å². The van der Waals surface area contributed by atoms with Gasteiger partial charge in [0.25, 0.3) is 8.32 Å². The van der Waals surface area contributed by atoms with E-state index in [-0.39, 0.29) is 29.5 Å². The van der Waals surface area contributed by atoms with Crippen LogP contribution in [0.25, 0.3) is 6.08 Å². The Hall–Kier alpha value is -2.42. The molecule has 7 nitrogen and oxygen atoms in total. The molecule has 2 heterocycles. The van der Waals surface area contributed by atoms with Crippen molar-refractivity contribution < 1.29 is 32.4 Å². The topological polar surface area (TPSA) is 102 Å². The standard InChI is InChI=1S/C37H46BIO7SSi/c1-6-13-26(20-27-21-31(39)36(40)33(22-27)44-5)18-19-32-35-28(25-47(42,43)34(35)23-38(41)46-32)24-45-48(37(2,3)4,29-14-9-7-10-15-29)30-16-11-8-12-17-30/h7-12,14-17,20-22,32,34,40-41H,6,13,18-19,23-25H2,1-5H3/b26-20+/t32-,34+/m1/s1. The van der Waals surface area contributed by atoms with Gasteiger partial charge in [-0.25, -0.2) is 8.42 Å². The van der Waals surface area contributed by atoms with E-state index in [1.807, 2.05) is 48.5 Å². The molecule has 48 heavy (non-hydrogen) atoms.